The van der Waals surface area contributed by atoms with E-state index in [2.05, 4.69) is 18.3 Å². The lowest BCUT2D eigenvalue weighted by Crippen LogP contribution is -2.41. The van der Waals surface area contributed by atoms with E-state index in [0.717, 1.165) is 48.5 Å². The number of nitrogens with zero attached hydrogens (tertiary/aromatic N) is 2. The van der Waals surface area contributed by atoms with E-state index in [-0.39, 0.29) is 24.9 Å². The number of rotatable bonds is 9. The van der Waals surface area contributed by atoms with Crippen molar-refractivity contribution in [2.24, 2.45) is 0 Å². The summed E-state index contributed by atoms with van der Waals surface area (Å²) >= 11 is 1.60. The Morgan fingerprint density at radius 1 is 1.23 bits per heavy atom. The molecule has 0 saturated carbocycles. The Hall–Kier alpha value is -1.79. The molecule has 2 rings (SSSR count). The van der Waals surface area contributed by atoms with Crippen molar-refractivity contribution in [1.29, 1.82) is 0 Å². The number of hydrogen-bond donors (Lipinski definition) is 1. The predicted octanol–water partition coefficient (Wildman–Crippen LogP) is 3.59. The van der Waals surface area contributed by atoms with E-state index in [1.54, 1.807) is 16.7 Å². The number of benzene rings is 1. The van der Waals surface area contributed by atoms with Gasteiger partial charge in [-0.15, -0.1) is 11.8 Å². The van der Waals surface area contributed by atoms with E-state index in [0.29, 0.717) is 0 Å². The topological polar surface area (TPSA) is 52.7 Å². The number of allylic oxidation sites excluding steroid dienone is 2. The molecule has 1 aromatic rings. The third kappa shape index (κ3) is 5.88. The third-order valence-corrected chi connectivity index (χ3v) is 5.11. The molecule has 2 amide bonds. The standard InChI is InChI=1S/C20H29N3O2S/c1-4-13-23(16-9-5-6-10-16)20(25)15-22(2)14-19(24)21-17-11-7-8-12-18(17)26-3/h7-9,11-12H,4-6,10,13-15H2,1-3H3,(H,21,24). The number of nitrogens with one attached hydrogen (secondary N) is 1. The highest BCUT2D eigenvalue weighted by Crippen LogP contribution is 2.24. The van der Waals surface area contributed by atoms with Crippen LogP contribution in [-0.4, -0.2) is 54.6 Å². The van der Waals surface area contributed by atoms with Crippen LogP contribution in [0.3, 0.4) is 0 Å². The minimum Gasteiger partial charge on any atom is -0.324 e. The first-order valence-corrected chi connectivity index (χ1v) is 10.4. The van der Waals surface area contributed by atoms with Gasteiger partial charge in [0.15, 0.2) is 0 Å². The zero-order valence-electron chi connectivity index (χ0n) is 16.0. The lowest BCUT2D eigenvalue weighted by atomic mass is 10.2. The molecule has 0 bridgehead atoms. The molecule has 0 heterocycles. The Bertz CT molecular complexity index is 660. The van der Waals surface area contributed by atoms with Crippen LogP contribution in [0.25, 0.3) is 0 Å². The number of para-hydroxylation sites is 1. The van der Waals surface area contributed by atoms with Gasteiger partial charge < -0.3 is 10.2 Å². The SMILES string of the molecule is CCCN(C(=O)CN(C)CC(=O)Nc1ccccc1SC)C1=CCCC1. The van der Waals surface area contributed by atoms with Gasteiger partial charge in [0.1, 0.15) is 0 Å². The zero-order valence-corrected chi connectivity index (χ0v) is 16.8. The molecule has 0 saturated heterocycles. The molecule has 6 heteroatoms. The van der Waals surface area contributed by atoms with Gasteiger partial charge in [-0.05, 0) is 51.1 Å². The van der Waals surface area contributed by atoms with Crippen molar-refractivity contribution in [3.8, 4) is 0 Å². The average molecular weight is 376 g/mol. The molecule has 0 fully saturated rings. The summed E-state index contributed by atoms with van der Waals surface area (Å²) in [4.78, 5) is 29.7. The maximum atomic E-state index is 12.7. The number of anilines is 1. The summed E-state index contributed by atoms with van der Waals surface area (Å²) in [6.45, 7) is 3.25. The Morgan fingerprint density at radius 3 is 2.65 bits per heavy atom. The Labute approximate surface area is 160 Å². The molecule has 1 aromatic carbocycles. The highest BCUT2D eigenvalue weighted by molar-refractivity contribution is 7.98. The van der Waals surface area contributed by atoms with Gasteiger partial charge in [-0.2, -0.15) is 0 Å². The lowest BCUT2D eigenvalue weighted by Gasteiger charge is -2.26. The van der Waals surface area contributed by atoms with Gasteiger partial charge in [-0.1, -0.05) is 25.1 Å². The van der Waals surface area contributed by atoms with E-state index in [4.69, 9.17) is 0 Å². The number of carbonyl (C=O) groups excluding carboxylic acids is 2. The third-order valence-electron chi connectivity index (χ3n) is 4.31. The van der Waals surface area contributed by atoms with Crippen molar-refractivity contribution in [1.82, 2.24) is 9.80 Å². The second-order valence-corrected chi connectivity index (χ2v) is 7.40. The fourth-order valence-electron chi connectivity index (χ4n) is 3.11. The lowest BCUT2D eigenvalue weighted by molar-refractivity contribution is -0.130. The van der Waals surface area contributed by atoms with Crippen LogP contribution in [0, 0.1) is 0 Å². The first-order chi connectivity index (χ1) is 12.5. The minimum absolute atomic E-state index is 0.0693. The number of amides is 2. The van der Waals surface area contributed by atoms with E-state index in [9.17, 15) is 9.59 Å². The monoisotopic (exact) mass is 375 g/mol. The van der Waals surface area contributed by atoms with Crippen LogP contribution in [-0.2, 0) is 9.59 Å². The summed E-state index contributed by atoms with van der Waals surface area (Å²) in [5.41, 5.74) is 1.96. The van der Waals surface area contributed by atoms with E-state index in [1.807, 2.05) is 42.5 Å². The molecule has 0 unspecified atom stereocenters. The number of carbonyl (C=O) groups is 2. The predicted molar refractivity (Wildman–Crippen MR) is 108 cm³/mol. The van der Waals surface area contributed by atoms with Crippen LogP contribution in [0.2, 0.25) is 0 Å². The summed E-state index contributed by atoms with van der Waals surface area (Å²) in [5.74, 6) is -0.0382. The normalized spacial score (nSPS) is 13.6. The first kappa shape index (κ1) is 20.5. The second-order valence-electron chi connectivity index (χ2n) is 6.55. The molecule has 0 aliphatic heterocycles. The van der Waals surface area contributed by atoms with Gasteiger partial charge in [-0.25, -0.2) is 0 Å². The van der Waals surface area contributed by atoms with Crippen molar-refractivity contribution in [2.45, 2.75) is 37.5 Å². The van der Waals surface area contributed by atoms with Gasteiger partial charge >= 0.3 is 0 Å². The van der Waals surface area contributed by atoms with Gasteiger partial charge in [-0.3, -0.25) is 14.5 Å². The van der Waals surface area contributed by atoms with Gasteiger partial charge in [0.05, 0.1) is 18.8 Å². The summed E-state index contributed by atoms with van der Waals surface area (Å²) < 4.78 is 0. The summed E-state index contributed by atoms with van der Waals surface area (Å²) in [6, 6.07) is 7.72. The Morgan fingerprint density at radius 2 is 2.00 bits per heavy atom. The van der Waals surface area contributed by atoms with E-state index >= 15 is 0 Å². The van der Waals surface area contributed by atoms with Crippen LogP contribution in [0.5, 0.6) is 0 Å². The molecular weight excluding hydrogens is 346 g/mol. The first-order valence-electron chi connectivity index (χ1n) is 9.16. The Balaban J connectivity index is 1.89. The highest BCUT2D eigenvalue weighted by Gasteiger charge is 2.21. The second kappa shape index (κ2) is 10.4. The zero-order chi connectivity index (χ0) is 18.9. The van der Waals surface area contributed by atoms with Crippen molar-refractivity contribution in [2.75, 3.05) is 38.3 Å². The molecule has 1 N–H and O–H groups in total. The molecule has 0 radical (unpaired) electrons. The van der Waals surface area contributed by atoms with E-state index in [1.165, 1.54) is 0 Å². The van der Waals surface area contributed by atoms with Gasteiger partial charge in [0, 0.05) is 17.1 Å². The summed E-state index contributed by atoms with van der Waals surface area (Å²) in [5, 5.41) is 2.94. The largest absolute Gasteiger partial charge is 0.324 e. The smallest absolute Gasteiger partial charge is 0.240 e. The average Bonchev–Trinajstić information content (AvgIpc) is 3.13. The van der Waals surface area contributed by atoms with Crippen LogP contribution >= 0.6 is 11.8 Å². The minimum atomic E-state index is -0.107. The van der Waals surface area contributed by atoms with E-state index < -0.39 is 0 Å². The maximum Gasteiger partial charge on any atom is 0.240 e. The van der Waals surface area contributed by atoms with Crippen molar-refractivity contribution in [3.05, 3.63) is 36.0 Å². The highest BCUT2D eigenvalue weighted by atomic mass is 32.2. The number of hydrogen-bond acceptors (Lipinski definition) is 4. The molecule has 0 atom stereocenters. The van der Waals surface area contributed by atoms with Crippen molar-refractivity contribution < 1.29 is 9.59 Å². The Kier molecular flexibility index (Phi) is 8.19. The fraction of sp³-hybridized carbons (Fsp3) is 0.500. The fourth-order valence-corrected chi connectivity index (χ4v) is 3.66. The summed E-state index contributed by atoms with van der Waals surface area (Å²) in [6.07, 6.45) is 8.22. The molecule has 0 aromatic heterocycles. The number of thioether (sulfide) groups is 1. The molecule has 0 spiro atoms. The molecule has 5 nitrogen and oxygen atoms in total. The quantitative estimate of drug-likeness (QED) is 0.670. The van der Waals surface area contributed by atoms with Crippen LogP contribution in [0.1, 0.15) is 32.6 Å². The molecule has 1 aliphatic carbocycles. The molecule has 1 aliphatic rings. The van der Waals surface area contributed by atoms with Crippen LogP contribution < -0.4 is 5.32 Å². The molecular formula is C20H29N3O2S. The summed E-state index contributed by atoms with van der Waals surface area (Å²) in [7, 11) is 1.81. The van der Waals surface area contributed by atoms with Crippen LogP contribution in [0.15, 0.2) is 40.9 Å². The molecule has 26 heavy (non-hydrogen) atoms. The van der Waals surface area contributed by atoms with Gasteiger partial charge in [0.25, 0.3) is 0 Å². The molecule has 142 valence electrons. The number of likely N-dealkylation sites (N-methyl/N-ethyl adjacent to an activating group) is 1. The van der Waals surface area contributed by atoms with Gasteiger partial charge in [0.2, 0.25) is 11.8 Å². The van der Waals surface area contributed by atoms with Crippen molar-refractivity contribution in [3.63, 3.8) is 0 Å². The maximum absolute atomic E-state index is 12.7. The van der Waals surface area contributed by atoms with Crippen molar-refractivity contribution >= 4 is 29.3 Å². The van der Waals surface area contributed by atoms with Crippen LogP contribution in [0.4, 0.5) is 5.69 Å².